The predicted octanol–water partition coefficient (Wildman–Crippen LogP) is 4.39. The summed E-state index contributed by atoms with van der Waals surface area (Å²) in [5, 5.41) is 8.78. The average Bonchev–Trinajstić information content (AvgIpc) is 3.32. The predicted molar refractivity (Wildman–Crippen MR) is 157 cm³/mol. The van der Waals surface area contributed by atoms with Crippen LogP contribution in [0, 0.1) is 6.92 Å². The lowest BCUT2D eigenvalue weighted by Gasteiger charge is -2.42. The van der Waals surface area contributed by atoms with Crippen molar-refractivity contribution < 1.29 is 19.1 Å². The molecular weight excluding hydrogens is 524 g/mol. The molecule has 2 N–H and O–H groups in total. The zero-order valence-corrected chi connectivity index (χ0v) is 24.6. The molecule has 0 atom stereocenters. The molecule has 0 bridgehead atoms. The Balaban J connectivity index is 1.42. The van der Waals surface area contributed by atoms with Gasteiger partial charge < -0.3 is 29.6 Å². The van der Waals surface area contributed by atoms with E-state index in [4.69, 9.17) is 14.6 Å². The van der Waals surface area contributed by atoms with E-state index >= 15 is 0 Å². The van der Waals surface area contributed by atoms with E-state index in [9.17, 15) is 14.4 Å². The third kappa shape index (κ3) is 5.81. The van der Waals surface area contributed by atoms with Gasteiger partial charge in [-0.25, -0.2) is 4.79 Å². The van der Waals surface area contributed by atoms with E-state index in [0.29, 0.717) is 69.0 Å². The molecule has 2 aliphatic heterocycles. The molecule has 11 heteroatoms. The van der Waals surface area contributed by atoms with Gasteiger partial charge in [0.25, 0.3) is 11.5 Å². The van der Waals surface area contributed by atoms with Gasteiger partial charge in [-0.15, -0.1) is 0 Å². The molecule has 2 aromatic heterocycles. The smallest absolute Gasteiger partial charge is 0.410 e. The van der Waals surface area contributed by atoms with Gasteiger partial charge >= 0.3 is 6.09 Å². The lowest BCUT2D eigenvalue weighted by molar-refractivity contribution is 0.0101. The summed E-state index contributed by atoms with van der Waals surface area (Å²) < 4.78 is 12.9. The van der Waals surface area contributed by atoms with Crippen LogP contribution in [0.5, 0.6) is 0 Å². The van der Waals surface area contributed by atoms with E-state index in [1.165, 1.54) is 0 Å². The Labute approximate surface area is 239 Å². The van der Waals surface area contributed by atoms with Crippen molar-refractivity contribution in [3.8, 4) is 0 Å². The minimum Gasteiger partial charge on any atom is -0.444 e. The van der Waals surface area contributed by atoms with Crippen molar-refractivity contribution in [3.63, 3.8) is 0 Å². The first-order valence-corrected chi connectivity index (χ1v) is 14.3. The number of nitrogens with zero attached hydrogens (tertiary/aromatic N) is 4. The first-order chi connectivity index (χ1) is 19.5. The minimum absolute atomic E-state index is 0.00821. The molecule has 2 aliphatic rings. The number of fused-ring (bicyclic) bond motifs is 1. The quantitative estimate of drug-likeness (QED) is 0.472. The van der Waals surface area contributed by atoms with Crippen LogP contribution in [-0.2, 0) is 15.0 Å². The van der Waals surface area contributed by atoms with Gasteiger partial charge in [0.05, 0.1) is 24.3 Å². The number of aryl methyl sites for hydroxylation is 1. The van der Waals surface area contributed by atoms with Crippen molar-refractivity contribution in [2.45, 2.75) is 65.0 Å². The largest absolute Gasteiger partial charge is 0.444 e. The number of anilines is 2. The van der Waals surface area contributed by atoms with Crippen molar-refractivity contribution in [1.82, 2.24) is 24.6 Å². The van der Waals surface area contributed by atoms with Crippen molar-refractivity contribution in [1.29, 1.82) is 0 Å². The van der Waals surface area contributed by atoms with Crippen LogP contribution in [0.2, 0.25) is 0 Å². The van der Waals surface area contributed by atoms with E-state index in [1.54, 1.807) is 11.1 Å². The summed E-state index contributed by atoms with van der Waals surface area (Å²) in [4.78, 5) is 45.1. The standard InChI is InChI=1S/C30H40N6O5/c1-6-30(10-13-35(14-11-30)28(39)41-29(3,4)5)36-23-9-12-31-26(37)24(23)25(33-36)32-21-7-8-22(20(2)19-21)27(38)34-15-17-40-18-16-34/h7-9,12,19H,6,10-11,13-18H2,1-5H3,(H,31,37)(H,32,33). The number of aromatic amines is 1. The maximum atomic E-state index is 13.1. The SMILES string of the molecule is CCC1(n2nc(Nc3ccc(C(=O)N4CCOCC4)c(C)c3)c3c(=O)[nH]ccc32)CCN(C(=O)OC(C)(C)C)CC1. The van der Waals surface area contributed by atoms with Crippen LogP contribution in [0.1, 0.15) is 62.9 Å². The number of carbonyl (C=O) groups excluding carboxylic acids is 2. The molecule has 0 aliphatic carbocycles. The van der Waals surface area contributed by atoms with Gasteiger partial charge in [0, 0.05) is 43.6 Å². The Kier molecular flexibility index (Phi) is 7.83. The van der Waals surface area contributed by atoms with E-state index in [-0.39, 0.29) is 23.1 Å². The van der Waals surface area contributed by atoms with Crippen LogP contribution < -0.4 is 10.9 Å². The highest BCUT2D eigenvalue weighted by molar-refractivity contribution is 5.96. The fourth-order valence-electron chi connectivity index (χ4n) is 5.73. The lowest BCUT2D eigenvalue weighted by Crippen LogP contribution is -2.49. The Bertz CT molecular complexity index is 1490. The molecule has 4 heterocycles. The maximum absolute atomic E-state index is 13.1. The van der Waals surface area contributed by atoms with Gasteiger partial charge in [-0.2, -0.15) is 5.10 Å². The van der Waals surface area contributed by atoms with Crippen molar-refractivity contribution in [2.75, 3.05) is 44.7 Å². The second-order valence-corrected chi connectivity index (χ2v) is 11.9. The Hall–Kier alpha value is -3.86. The number of morpholine rings is 1. The normalized spacial score (nSPS) is 17.5. The van der Waals surface area contributed by atoms with Crippen molar-refractivity contribution in [3.05, 3.63) is 51.9 Å². The van der Waals surface area contributed by atoms with Crippen LogP contribution in [0.4, 0.5) is 16.3 Å². The molecule has 3 aromatic rings. The molecular formula is C30H40N6O5. The van der Waals surface area contributed by atoms with Gasteiger partial charge in [-0.1, -0.05) is 6.92 Å². The summed E-state index contributed by atoms with van der Waals surface area (Å²) in [6, 6.07) is 7.45. The van der Waals surface area contributed by atoms with Crippen molar-refractivity contribution in [2.24, 2.45) is 0 Å². The van der Waals surface area contributed by atoms with Gasteiger partial charge in [0.1, 0.15) is 11.0 Å². The van der Waals surface area contributed by atoms with Crippen LogP contribution >= 0.6 is 0 Å². The molecule has 5 rings (SSSR count). The van der Waals surface area contributed by atoms with Gasteiger partial charge in [0.15, 0.2) is 5.82 Å². The highest BCUT2D eigenvalue weighted by Gasteiger charge is 2.39. The molecule has 2 saturated heterocycles. The lowest BCUT2D eigenvalue weighted by atomic mass is 9.85. The Morgan fingerprint density at radius 1 is 1.10 bits per heavy atom. The zero-order valence-electron chi connectivity index (χ0n) is 24.6. The molecule has 0 saturated carbocycles. The molecule has 41 heavy (non-hydrogen) atoms. The number of piperidine rings is 1. The molecule has 220 valence electrons. The molecule has 0 spiro atoms. The second kappa shape index (κ2) is 11.2. The van der Waals surface area contributed by atoms with Crippen LogP contribution in [-0.4, -0.2) is 81.6 Å². The third-order valence-corrected chi connectivity index (χ3v) is 8.07. The number of aromatic nitrogens is 3. The molecule has 0 unspecified atom stereocenters. The number of benzene rings is 1. The number of hydrogen-bond acceptors (Lipinski definition) is 7. The molecule has 2 fully saturated rings. The van der Waals surface area contributed by atoms with E-state index < -0.39 is 5.60 Å². The van der Waals surface area contributed by atoms with E-state index in [0.717, 1.165) is 23.2 Å². The number of likely N-dealkylation sites (tertiary alicyclic amines) is 1. The first-order valence-electron chi connectivity index (χ1n) is 14.3. The van der Waals surface area contributed by atoms with Crippen LogP contribution in [0.25, 0.3) is 10.9 Å². The summed E-state index contributed by atoms with van der Waals surface area (Å²) in [6.45, 7) is 13.0. The molecule has 11 nitrogen and oxygen atoms in total. The number of amides is 2. The molecule has 0 radical (unpaired) electrons. The summed E-state index contributed by atoms with van der Waals surface area (Å²) in [6.07, 6.45) is 3.49. The summed E-state index contributed by atoms with van der Waals surface area (Å²) in [7, 11) is 0. The number of hydrogen-bond donors (Lipinski definition) is 2. The monoisotopic (exact) mass is 564 g/mol. The maximum Gasteiger partial charge on any atom is 0.410 e. The van der Waals surface area contributed by atoms with Gasteiger partial charge in [-0.05, 0) is 76.8 Å². The van der Waals surface area contributed by atoms with Gasteiger partial charge in [-0.3, -0.25) is 14.3 Å². The van der Waals surface area contributed by atoms with Crippen LogP contribution in [0.3, 0.4) is 0 Å². The number of carbonyl (C=O) groups is 2. The van der Waals surface area contributed by atoms with Crippen LogP contribution in [0.15, 0.2) is 35.3 Å². The zero-order chi connectivity index (χ0) is 29.4. The summed E-state index contributed by atoms with van der Waals surface area (Å²) in [5.74, 6) is 0.446. The topological polar surface area (TPSA) is 122 Å². The van der Waals surface area contributed by atoms with E-state index in [2.05, 4.69) is 17.2 Å². The summed E-state index contributed by atoms with van der Waals surface area (Å²) in [5.41, 5.74) is 1.80. The number of H-pyrrole nitrogens is 1. The third-order valence-electron chi connectivity index (χ3n) is 8.07. The summed E-state index contributed by atoms with van der Waals surface area (Å²) >= 11 is 0. The second-order valence-electron chi connectivity index (χ2n) is 11.9. The fourth-order valence-corrected chi connectivity index (χ4v) is 5.73. The average molecular weight is 565 g/mol. The number of ether oxygens (including phenoxy) is 2. The highest BCUT2D eigenvalue weighted by Crippen LogP contribution is 2.38. The fraction of sp³-hybridized carbons (Fsp3) is 0.533. The van der Waals surface area contributed by atoms with Crippen molar-refractivity contribution >= 4 is 34.4 Å². The first kappa shape index (κ1) is 28.7. The highest BCUT2D eigenvalue weighted by atomic mass is 16.6. The number of rotatable bonds is 5. The number of pyridine rings is 1. The van der Waals surface area contributed by atoms with E-state index in [1.807, 2.05) is 61.5 Å². The number of nitrogens with one attached hydrogen (secondary N) is 2. The molecule has 1 aromatic carbocycles. The Morgan fingerprint density at radius 3 is 2.44 bits per heavy atom. The minimum atomic E-state index is -0.553. The Morgan fingerprint density at radius 2 is 1.80 bits per heavy atom. The van der Waals surface area contributed by atoms with Gasteiger partial charge in [0.2, 0.25) is 0 Å². The molecule has 2 amide bonds.